The first-order valence-corrected chi connectivity index (χ1v) is 42.8. The molecule has 666 valence electrons. The van der Waals surface area contributed by atoms with E-state index in [0.29, 0.717) is 120 Å². The molecule has 4 amide bonds. The van der Waals surface area contributed by atoms with Crippen molar-refractivity contribution in [1.29, 1.82) is 0 Å². The summed E-state index contributed by atoms with van der Waals surface area (Å²) in [6.07, 6.45) is 4.04. The largest absolute Gasteiger partial charge is 0.496 e. The number of furan rings is 1. The molecule has 14 rings (SSSR count). The second-order valence-corrected chi connectivity index (χ2v) is 32.0. The minimum absolute atomic E-state index is 0.0122. The Kier molecular flexibility index (Phi) is 35.0. The standard InChI is InChI=1S/C26H28ClNO5.C26H24ClNO5.C24H26ClNO5.C23H24ClNO5/c2*1-17-25(26(30)33-16-19-6-3-4-8-23(19)31-2)22(18-9-11-20(27)12-10-18)14-24(29)28(17)15-21-7-5-13-32-21;1-16-23(24(28)31-15-18-6-4-5-7-21(18)30-3)20(17-8-10-19(25)11-9-17)14-22(27)26(16)12-13-29-2;1-15-22(23(28)30-14-17-5-3-4-6-20(17)29-2)19(13-21(27)25(15)11-12-26)16-7-9-18(24)10-8-16/h3-4,6,8-12,21-22H,5,7,13-16H2,1-2H3;3-13,22H,14-16H2,1-2H3;4-11,20H,12-15H2,1-3H3;3-10,19,26H,11-14H2,1-2H3/t21-,22+;;;/m1.../s1. The highest BCUT2D eigenvalue weighted by molar-refractivity contribution is 6.31. The van der Waals surface area contributed by atoms with E-state index in [4.69, 9.17) is 98.2 Å². The van der Waals surface area contributed by atoms with Gasteiger partial charge in [0, 0.05) is 141 Å². The van der Waals surface area contributed by atoms with E-state index >= 15 is 0 Å². The number of esters is 4. The number of carbonyl (C=O) groups is 8. The van der Waals surface area contributed by atoms with Gasteiger partial charge in [-0.15, -0.1) is 0 Å². The number of methoxy groups -OCH3 is 5. The van der Waals surface area contributed by atoms with Gasteiger partial charge in [0.25, 0.3) is 0 Å². The van der Waals surface area contributed by atoms with E-state index in [0.717, 1.165) is 57.3 Å². The van der Waals surface area contributed by atoms with Crippen LogP contribution in [0.5, 0.6) is 23.0 Å². The molecule has 1 saturated heterocycles. The summed E-state index contributed by atoms with van der Waals surface area (Å²) in [6.45, 7) is 9.37. The Labute approximate surface area is 759 Å². The Morgan fingerprint density at radius 2 is 0.685 bits per heavy atom. The van der Waals surface area contributed by atoms with Gasteiger partial charge in [-0.2, -0.15) is 0 Å². The highest BCUT2D eigenvalue weighted by Crippen LogP contribution is 2.44. The lowest BCUT2D eigenvalue weighted by Gasteiger charge is -2.35. The molecule has 127 heavy (non-hydrogen) atoms. The first kappa shape index (κ1) is 95.7. The number of hydrogen-bond acceptors (Lipinski definition) is 20. The number of β-amino-alcohol motifs (C(OH)–C–C–N with tert-alkyl or cyclic N) is 1. The Balaban J connectivity index is 0.000000164. The molecule has 0 saturated carbocycles. The molecule has 3 unspecified atom stereocenters. The van der Waals surface area contributed by atoms with E-state index in [2.05, 4.69) is 0 Å². The predicted molar refractivity (Wildman–Crippen MR) is 480 cm³/mol. The van der Waals surface area contributed by atoms with Gasteiger partial charge in [0.05, 0.1) is 89.4 Å². The highest BCUT2D eigenvalue weighted by atomic mass is 35.5. The number of hydrogen-bond donors (Lipinski definition) is 1. The van der Waals surface area contributed by atoms with Crippen LogP contribution in [0.4, 0.5) is 0 Å². The molecule has 5 atom stereocenters. The van der Waals surface area contributed by atoms with Crippen LogP contribution in [0.25, 0.3) is 0 Å². The van der Waals surface area contributed by atoms with Crippen molar-refractivity contribution in [3.05, 3.63) is 328 Å². The van der Waals surface area contributed by atoms with Crippen molar-refractivity contribution in [3.8, 4) is 23.0 Å². The third-order valence-corrected chi connectivity index (χ3v) is 23.6. The second-order valence-electron chi connectivity index (χ2n) is 30.3. The van der Waals surface area contributed by atoms with Crippen molar-refractivity contribution < 1.29 is 95.2 Å². The molecule has 8 aromatic carbocycles. The Morgan fingerprint density at radius 1 is 0.386 bits per heavy atom. The summed E-state index contributed by atoms with van der Waals surface area (Å²) in [5, 5.41) is 11.7. The maximum atomic E-state index is 13.4. The lowest BCUT2D eigenvalue weighted by molar-refractivity contribution is -0.143. The Morgan fingerprint density at radius 3 is 0.976 bits per heavy atom. The third kappa shape index (κ3) is 24.6. The van der Waals surface area contributed by atoms with Crippen LogP contribution in [0.1, 0.15) is 140 Å². The van der Waals surface area contributed by atoms with Gasteiger partial charge in [-0.25, -0.2) is 19.2 Å². The van der Waals surface area contributed by atoms with Crippen LogP contribution in [-0.4, -0.2) is 153 Å². The number of nitrogens with zero attached hydrogens (tertiary/aromatic N) is 4. The maximum Gasteiger partial charge on any atom is 0.336 e. The topological polar surface area (TPSA) is 275 Å². The molecule has 0 radical (unpaired) electrons. The lowest BCUT2D eigenvalue weighted by Crippen LogP contribution is -2.42. The van der Waals surface area contributed by atoms with Crippen molar-refractivity contribution in [2.75, 3.05) is 75.0 Å². The normalized spacial score (nSPS) is 17.5. The van der Waals surface area contributed by atoms with Crippen molar-refractivity contribution in [3.63, 3.8) is 0 Å². The summed E-state index contributed by atoms with van der Waals surface area (Å²) in [4.78, 5) is 111. The van der Waals surface area contributed by atoms with E-state index in [1.165, 1.54) is 4.90 Å². The van der Waals surface area contributed by atoms with Crippen LogP contribution in [-0.2, 0) is 99.7 Å². The van der Waals surface area contributed by atoms with E-state index in [-0.39, 0.29) is 102 Å². The highest BCUT2D eigenvalue weighted by Gasteiger charge is 2.42. The summed E-state index contributed by atoms with van der Waals surface area (Å²) < 4.78 is 60.4. The van der Waals surface area contributed by atoms with Crippen molar-refractivity contribution in [1.82, 2.24) is 19.6 Å². The molecule has 9 aromatic rings. The number of carbonyl (C=O) groups excluding carboxylic acids is 8. The molecule has 0 aliphatic carbocycles. The van der Waals surface area contributed by atoms with Crippen LogP contribution in [0.15, 0.2) is 262 Å². The van der Waals surface area contributed by atoms with Crippen LogP contribution >= 0.6 is 46.4 Å². The molecule has 0 bridgehead atoms. The number of allylic oxidation sites excluding steroid dienone is 4. The van der Waals surface area contributed by atoms with Crippen LogP contribution in [0.2, 0.25) is 20.1 Å². The Hall–Kier alpha value is -12.0. The zero-order valence-electron chi connectivity index (χ0n) is 72.1. The second kappa shape index (κ2) is 46.5. The van der Waals surface area contributed by atoms with Gasteiger partial charge in [-0.3, -0.25) is 19.2 Å². The summed E-state index contributed by atoms with van der Waals surface area (Å²) in [5.41, 5.74) is 10.4. The zero-order valence-corrected chi connectivity index (χ0v) is 75.1. The average molecular weight is 1810 g/mol. The molecule has 1 fully saturated rings. The summed E-state index contributed by atoms with van der Waals surface area (Å²) >= 11 is 24.1. The number of benzene rings is 8. The monoisotopic (exact) mass is 1810 g/mol. The molecule has 1 N–H and O–H groups in total. The first-order chi connectivity index (χ1) is 61.4. The fraction of sp³-hybridized carbons (Fsp3) is 0.313. The first-order valence-electron chi connectivity index (χ1n) is 41.3. The van der Waals surface area contributed by atoms with Gasteiger partial charge in [0.1, 0.15) is 55.2 Å². The predicted octanol–water partition coefficient (Wildman–Crippen LogP) is 18.3. The lowest BCUT2D eigenvalue weighted by atomic mass is 9.83. The number of rotatable bonds is 29. The summed E-state index contributed by atoms with van der Waals surface area (Å²) in [6, 6.07) is 61.7. The molecule has 1 aromatic heterocycles. The van der Waals surface area contributed by atoms with Gasteiger partial charge >= 0.3 is 23.9 Å². The number of para-hydroxylation sites is 4. The molecule has 5 aliphatic heterocycles. The van der Waals surface area contributed by atoms with E-state index < -0.39 is 47.5 Å². The van der Waals surface area contributed by atoms with Gasteiger partial charge in [-0.1, -0.05) is 168 Å². The molecular weight excluding hydrogens is 1710 g/mol. The number of aliphatic hydroxyl groups is 1. The average Bonchev–Trinajstić information content (AvgIpc) is 1.65. The smallest absolute Gasteiger partial charge is 0.336 e. The number of halogens is 4. The van der Waals surface area contributed by atoms with Gasteiger partial charge in [-0.05, 0) is 148 Å². The quantitative estimate of drug-likeness (QED) is 0.0337. The zero-order chi connectivity index (χ0) is 90.8. The minimum atomic E-state index is -0.506. The molecule has 0 spiro atoms. The number of amides is 4. The number of aliphatic hydroxyl groups excluding tert-OH is 1. The van der Waals surface area contributed by atoms with Crippen LogP contribution < -0.4 is 18.9 Å². The van der Waals surface area contributed by atoms with E-state index in [1.807, 2.05) is 146 Å². The maximum absolute atomic E-state index is 13.4. The van der Waals surface area contributed by atoms with Crippen molar-refractivity contribution in [2.45, 2.75) is 129 Å². The van der Waals surface area contributed by atoms with Gasteiger partial charge < -0.3 is 76.5 Å². The van der Waals surface area contributed by atoms with E-state index in [9.17, 15) is 43.5 Å². The van der Waals surface area contributed by atoms with Crippen LogP contribution in [0.3, 0.4) is 0 Å². The van der Waals surface area contributed by atoms with Crippen molar-refractivity contribution >= 4 is 93.9 Å². The fourth-order valence-electron chi connectivity index (χ4n) is 16.0. The molecule has 28 heteroatoms. The molecular formula is C99H102Cl4N4O20. The Bertz CT molecular complexity index is 5480. The summed E-state index contributed by atoms with van der Waals surface area (Å²) in [7, 11) is 7.86. The minimum Gasteiger partial charge on any atom is -0.496 e. The third-order valence-electron chi connectivity index (χ3n) is 22.6. The van der Waals surface area contributed by atoms with Crippen LogP contribution in [0, 0.1) is 0 Å². The van der Waals surface area contributed by atoms with Gasteiger partial charge in [0.2, 0.25) is 23.6 Å². The fourth-order valence-corrected chi connectivity index (χ4v) is 16.5. The SMILES string of the molecule is COCCN1C(=O)CC(c2ccc(Cl)cc2)C(C(=O)OCc2ccccc2OC)=C1C.COc1ccccc1COC(=O)C1=C(C)N(CCO)C(=O)CC1c1ccc(Cl)cc1.COc1ccccc1COC(=O)C1=C(C)N(C[C@H]2CCCO2)C(=O)C[C@H]1c1ccc(Cl)cc1.COc1ccccc1COC(=O)C1=C(C)N(Cc2ccco2)C(=O)CC1c1ccc(Cl)cc1. The van der Waals surface area contributed by atoms with Crippen molar-refractivity contribution in [2.24, 2.45) is 0 Å². The van der Waals surface area contributed by atoms with E-state index in [1.54, 1.807) is 144 Å². The summed E-state index contributed by atoms with van der Waals surface area (Å²) in [5.74, 6) is -0.695. The molecule has 5 aliphatic rings. The number of ether oxygens (including phenoxy) is 10. The molecule has 6 heterocycles. The van der Waals surface area contributed by atoms with Gasteiger partial charge in [0.15, 0.2) is 0 Å². The molecule has 24 nitrogen and oxygen atoms in total.